The van der Waals surface area contributed by atoms with Crippen molar-refractivity contribution in [1.82, 2.24) is 4.90 Å². The van der Waals surface area contributed by atoms with E-state index in [1.165, 1.54) is 0 Å². The highest BCUT2D eigenvalue weighted by Gasteiger charge is 2.35. The average molecular weight is 303 g/mol. The number of rotatable bonds is 6. The van der Waals surface area contributed by atoms with Crippen molar-refractivity contribution in [2.45, 2.75) is 51.2 Å². The highest BCUT2D eigenvalue weighted by molar-refractivity contribution is 5.68. The number of aliphatic hydroxyl groups is 1. The van der Waals surface area contributed by atoms with E-state index < -0.39 is 11.2 Å². The highest BCUT2D eigenvalue weighted by Crippen LogP contribution is 2.26. The Labute approximate surface area is 127 Å². The molecule has 0 aromatic carbocycles. The van der Waals surface area contributed by atoms with Crippen LogP contribution in [0.2, 0.25) is 0 Å². The standard InChI is InChI=1S/C15H29NO5/c1-14(2,3)21-13(17)16-8-5-15(18,6-9-16)7-10-20-12-11-19-4/h18H,5-12H2,1-4H3. The number of likely N-dealkylation sites (tertiary alicyclic amines) is 1. The maximum Gasteiger partial charge on any atom is 0.410 e. The van der Waals surface area contributed by atoms with E-state index in [1.54, 1.807) is 12.0 Å². The highest BCUT2D eigenvalue weighted by atomic mass is 16.6. The third-order valence-electron chi connectivity index (χ3n) is 3.49. The van der Waals surface area contributed by atoms with E-state index in [4.69, 9.17) is 14.2 Å². The van der Waals surface area contributed by atoms with Crippen molar-refractivity contribution in [3.05, 3.63) is 0 Å². The fraction of sp³-hybridized carbons (Fsp3) is 0.933. The summed E-state index contributed by atoms with van der Waals surface area (Å²) in [7, 11) is 1.63. The summed E-state index contributed by atoms with van der Waals surface area (Å²) < 4.78 is 15.6. The van der Waals surface area contributed by atoms with Gasteiger partial charge in [-0.1, -0.05) is 0 Å². The maximum atomic E-state index is 11.9. The van der Waals surface area contributed by atoms with E-state index in [9.17, 15) is 9.90 Å². The first-order valence-electron chi connectivity index (χ1n) is 7.53. The summed E-state index contributed by atoms with van der Waals surface area (Å²) in [6, 6.07) is 0. The van der Waals surface area contributed by atoms with E-state index in [1.807, 2.05) is 20.8 Å². The van der Waals surface area contributed by atoms with Gasteiger partial charge in [-0.05, 0) is 40.0 Å². The minimum absolute atomic E-state index is 0.305. The fourth-order valence-electron chi connectivity index (χ4n) is 2.19. The molecule has 6 heteroatoms. The van der Waals surface area contributed by atoms with Crippen LogP contribution in [-0.4, -0.2) is 67.3 Å². The second kappa shape index (κ2) is 7.96. The molecular weight excluding hydrogens is 274 g/mol. The molecule has 1 aliphatic rings. The first kappa shape index (κ1) is 18.2. The number of hydrogen-bond acceptors (Lipinski definition) is 5. The molecule has 124 valence electrons. The van der Waals surface area contributed by atoms with Crippen LogP contribution < -0.4 is 0 Å². The van der Waals surface area contributed by atoms with Crippen molar-refractivity contribution in [2.75, 3.05) is 40.0 Å². The molecule has 1 saturated heterocycles. The van der Waals surface area contributed by atoms with Crippen LogP contribution in [0.25, 0.3) is 0 Å². The molecule has 0 aliphatic carbocycles. The van der Waals surface area contributed by atoms with Gasteiger partial charge in [-0.15, -0.1) is 0 Å². The molecule has 0 aromatic rings. The van der Waals surface area contributed by atoms with Crippen molar-refractivity contribution in [3.8, 4) is 0 Å². The largest absolute Gasteiger partial charge is 0.444 e. The van der Waals surface area contributed by atoms with Gasteiger partial charge >= 0.3 is 6.09 Å². The minimum Gasteiger partial charge on any atom is -0.444 e. The molecule has 0 saturated carbocycles. The predicted octanol–water partition coefficient (Wildman–Crippen LogP) is 1.80. The molecule has 0 radical (unpaired) electrons. The van der Waals surface area contributed by atoms with Crippen LogP contribution in [-0.2, 0) is 14.2 Å². The Morgan fingerprint density at radius 2 is 1.81 bits per heavy atom. The van der Waals surface area contributed by atoms with Crippen LogP contribution in [0.1, 0.15) is 40.0 Å². The summed E-state index contributed by atoms with van der Waals surface area (Å²) in [6.45, 7) is 8.19. The van der Waals surface area contributed by atoms with Crippen molar-refractivity contribution in [3.63, 3.8) is 0 Å². The second-order valence-electron chi connectivity index (χ2n) is 6.55. The minimum atomic E-state index is -0.744. The monoisotopic (exact) mass is 303 g/mol. The molecular formula is C15H29NO5. The lowest BCUT2D eigenvalue weighted by atomic mass is 9.89. The van der Waals surface area contributed by atoms with E-state index >= 15 is 0 Å². The lowest BCUT2D eigenvalue weighted by Gasteiger charge is -2.38. The Bertz CT molecular complexity index is 319. The summed E-state index contributed by atoms with van der Waals surface area (Å²) in [4.78, 5) is 13.6. The third kappa shape index (κ3) is 7.11. The number of amides is 1. The summed E-state index contributed by atoms with van der Waals surface area (Å²) in [5, 5.41) is 10.5. The fourth-order valence-corrected chi connectivity index (χ4v) is 2.19. The number of hydrogen-bond donors (Lipinski definition) is 1. The van der Waals surface area contributed by atoms with Crippen LogP contribution in [0.3, 0.4) is 0 Å². The summed E-state index contributed by atoms with van der Waals surface area (Å²) in [6.07, 6.45) is 1.39. The van der Waals surface area contributed by atoms with Crippen LogP contribution in [0.4, 0.5) is 4.79 Å². The zero-order valence-electron chi connectivity index (χ0n) is 13.7. The quantitative estimate of drug-likeness (QED) is 0.758. The number of methoxy groups -OCH3 is 1. The number of carbonyl (C=O) groups is 1. The Hall–Kier alpha value is -0.850. The molecule has 0 spiro atoms. The number of carbonyl (C=O) groups excluding carboxylic acids is 1. The zero-order chi connectivity index (χ0) is 15.9. The molecule has 0 atom stereocenters. The van der Waals surface area contributed by atoms with Gasteiger partial charge in [0.25, 0.3) is 0 Å². The Balaban J connectivity index is 2.28. The first-order valence-corrected chi connectivity index (χ1v) is 7.53. The number of piperidine rings is 1. The van der Waals surface area contributed by atoms with Crippen LogP contribution in [0.15, 0.2) is 0 Å². The lowest BCUT2D eigenvalue weighted by Crippen LogP contribution is -2.48. The second-order valence-corrected chi connectivity index (χ2v) is 6.55. The Morgan fingerprint density at radius 1 is 1.19 bits per heavy atom. The smallest absolute Gasteiger partial charge is 0.410 e. The molecule has 0 bridgehead atoms. The third-order valence-corrected chi connectivity index (χ3v) is 3.49. The SMILES string of the molecule is COCCOCCC1(O)CCN(C(=O)OC(C)(C)C)CC1. The van der Waals surface area contributed by atoms with Crippen molar-refractivity contribution >= 4 is 6.09 Å². The Kier molecular flexibility index (Phi) is 6.90. The summed E-state index contributed by atoms with van der Waals surface area (Å²) >= 11 is 0. The van der Waals surface area contributed by atoms with Gasteiger partial charge in [-0.25, -0.2) is 4.79 Å². The Morgan fingerprint density at radius 3 is 2.33 bits per heavy atom. The van der Waals surface area contributed by atoms with E-state index in [0.29, 0.717) is 52.2 Å². The number of ether oxygens (including phenoxy) is 3. The first-order chi connectivity index (χ1) is 9.76. The van der Waals surface area contributed by atoms with Gasteiger partial charge in [-0.2, -0.15) is 0 Å². The zero-order valence-corrected chi connectivity index (χ0v) is 13.7. The normalized spacial score (nSPS) is 18.6. The molecule has 1 rings (SSSR count). The van der Waals surface area contributed by atoms with Gasteiger partial charge in [0.15, 0.2) is 0 Å². The van der Waals surface area contributed by atoms with E-state index in [0.717, 1.165) is 0 Å². The van der Waals surface area contributed by atoms with Crippen LogP contribution in [0, 0.1) is 0 Å². The predicted molar refractivity (Wildman–Crippen MR) is 79.3 cm³/mol. The molecule has 21 heavy (non-hydrogen) atoms. The molecule has 1 aliphatic heterocycles. The topological polar surface area (TPSA) is 68.2 Å². The molecule has 1 N–H and O–H groups in total. The van der Waals surface area contributed by atoms with Crippen LogP contribution in [0.5, 0.6) is 0 Å². The molecule has 1 heterocycles. The maximum absolute atomic E-state index is 11.9. The van der Waals surface area contributed by atoms with Crippen LogP contribution >= 0.6 is 0 Å². The molecule has 0 aromatic heterocycles. The molecule has 0 unspecified atom stereocenters. The summed E-state index contributed by atoms with van der Waals surface area (Å²) in [5.74, 6) is 0. The van der Waals surface area contributed by atoms with Gasteiger partial charge in [0.05, 0.1) is 18.8 Å². The van der Waals surface area contributed by atoms with Gasteiger partial charge < -0.3 is 24.2 Å². The van der Waals surface area contributed by atoms with Gasteiger partial charge in [0, 0.05) is 26.8 Å². The van der Waals surface area contributed by atoms with E-state index in [2.05, 4.69) is 0 Å². The van der Waals surface area contributed by atoms with Gasteiger partial charge in [0.2, 0.25) is 0 Å². The molecule has 1 fully saturated rings. The van der Waals surface area contributed by atoms with Gasteiger partial charge in [0.1, 0.15) is 5.60 Å². The molecule has 1 amide bonds. The number of nitrogens with zero attached hydrogens (tertiary/aromatic N) is 1. The van der Waals surface area contributed by atoms with Crippen molar-refractivity contribution in [2.24, 2.45) is 0 Å². The summed E-state index contributed by atoms with van der Waals surface area (Å²) in [5.41, 5.74) is -1.23. The van der Waals surface area contributed by atoms with Crippen molar-refractivity contribution < 1.29 is 24.1 Å². The average Bonchev–Trinajstić information content (AvgIpc) is 2.37. The van der Waals surface area contributed by atoms with Gasteiger partial charge in [-0.3, -0.25) is 0 Å². The van der Waals surface area contributed by atoms with E-state index in [-0.39, 0.29) is 6.09 Å². The lowest BCUT2D eigenvalue weighted by molar-refractivity contribution is -0.0526. The molecule has 6 nitrogen and oxygen atoms in total. The van der Waals surface area contributed by atoms with Crippen molar-refractivity contribution in [1.29, 1.82) is 0 Å².